The molecule has 0 aliphatic carbocycles. The summed E-state index contributed by atoms with van der Waals surface area (Å²) in [5.74, 6) is 0.441. The molecule has 1 saturated heterocycles. The van der Waals surface area contributed by atoms with Crippen LogP contribution in [0.3, 0.4) is 0 Å². The molecule has 0 spiro atoms. The fourth-order valence-electron chi connectivity index (χ4n) is 1.82. The van der Waals surface area contributed by atoms with Gasteiger partial charge in [0.25, 0.3) is 0 Å². The first kappa shape index (κ1) is 15.0. The molecule has 1 aliphatic rings. The second-order valence-electron chi connectivity index (χ2n) is 5.37. The minimum atomic E-state index is -0.425. The zero-order valence-corrected chi connectivity index (χ0v) is 12.4. The standard InChI is InChI=1S/C11H22N2O2S2/c1-11(2,3)15-10(14)13-6-4-8(5-7-13)9(12)17-16/h8-9,16H,4-7,12H2,1-3H3. The number of piperidine rings is 1. The van der Waals surface area contributed by atoms with E-state index in [-0.39, 0.29) is 11.5 Å². The van der Waals surface area contributed by atoms with Crippen LogP contribution >= 0.6 is 22.5 Å². The second kappa shape index (κ2) is 6.20. The Morgan fingerprint density at radius 1 is 1.47 bits per heavy atom. The molecule has 6 heteroatoms. The average molecular weight is 278 g/mol. The van der Waals surface area contributed by atoms with E-state index < -0.39 is 5.60 Å². The summed E-state index contributed by atoms with van der Waals surface area (Å²) in [7, 11) is 1.39. The summed E-state index contributed by atoms with van der Waals surface area (Å²) in [5.41, 5.74) is 5.50. The summed E-state index contributed by atoms with van der Waals surface area (Å²) in [6.07, 6.45) is 1.63. The molecule has 0 aromatic rings. The van der Waals surface area contributed by atoms with E-state index in [0.29, 0.717) is 5.92 Å². The van der Waals surface area contributed by atoms with Gasteiger partial charge in [-0.15, -0.1) is 11.7 Å². The second-order valence-corrected chi connectivity index (χ2v) is 6.76. The van der Waals surface area contributed by atoms with Gasteiger partial charge in [-0.25, -0.2) is 4.79 Å². The zero-order valence-electron chi connectivity index (χ0n) is 10.7. The van der Waals surface area contributed by atoms with Crippen molar-refractivity contribution in [2.75, 3.05) is 13.1 Å². The van der Waals surface area contributed by atoms with Crippen molar-refractivity contribution in [3.05, 3.63) is 0 Å². The summed E-state index contributed by atoms with van der Waals surface area (Å²) < 4.78 is 5.33. The van der Waals surface area contributed by atoms with E-state index in [0.717, 1.165) is 25.9 Å². The van der Waals surface area contributed by atoms with Crippen molar-refractivity contribution in [3.8, 4) is 0 Å². The summed E-state index contributed by atoms with van der Waals surface area (Å²) in [5, 5.41) is 0.0547. The van der Waals surface area contributed by atoms with Gasteiger partial charge in [-0.05, 0) is 39.5 Å². The van der Waals surface area contributed by atoms with E-state index in [1.54, 1.807) is 4.90 Å². The van der Waals surface area contributed by atoms with Crippen LogP contribution in [0.15, 0.2) is 0 Å². The van der Waals surface area contributed by atoms with E-state index >= 15 is 0 Å². The number of hydrogen-bond acceptors (Lipinski definition) is 5. The van der Waals surface area contributed by atoms with Gasteiger partial charge < -0.3 is 15.4 Å². The molecule has 1 rings (SSSR count). The third-order valence-electron chi connectivity index (χ3n) is 2.78. The first-order valence-corrected chi connectivity index (χ1v) is 7.80. The number of ether oxygens (including phenoxy) is 1. The Labute approximate surface area is 112 Å². The van der Waals surface area contributed by atoms with Crippen LogP contribution in [-0.4, -0.2) is 35.1 Å². The monoisotopic (exact) mass is 278 g/mol. The van der Waals surface area contributed by atoms with Gasteiger partial charge in [0.05, 0.1) is 5.37 Å². The Hall–Kier alpha value is -0.0700. The number of thiol groups is 1. The summed E-state index contributed by atoms with van der Waals surface area (Å²) in [6, 6.07) is 0. The fraction of sp³-hybridized carbons (Fsp3) is 0.909. The molecule has 1 atom stereocenters. The van der Waals surface area contributed by atoms with Gasteiger partial charge in [0.15, 0.2) is 0 Å². The third-order valence-corrected chi connectivity index (χ3v) is 4.14. The lowest BCUT2D eigenvalue weighted by molar-refractivity contribution is 0.0184. The largest absolute Gasteiger partial charge is 0.444 e. The molecule has 2 N–H and O–H groups in total. The Morgan fingerprint density at radius 3 is 2.41 bits per heavy atom. The molecule has 0 radical (unpaired) electrons. The molecular formula is C11H22N2O2S2. The number of nitrogens with two attached hydrogens (primary N) is 1. The molecule has 0 aromatic carbocycles. The van der Waals surface area contributed by atoms with Gasteiger partial charge in [-0.2, -0.15) is 0 Å². The third kappa shape index (κ3) is 4.97. The molecule has 100 valence electrons. The van der Waals surface area contributed by atoms with Crippen LogP contribution in [0.25, 0.3) is 0 Å². The van der Waals surface area contributed by atoms with Crippen LogP contribution in [0.4, 0.5) is 4.79 Å². The molecule has 0 aromatic heterocycles. The van der Waals surface area contributed by atoms with Crippen molar-refractivity contribution in [3.63, 3.8) is 0 Å². The first-order chi connectivity index (χ1) is 7.83. The minimum absolute atomic E-state index is 0.0547. The lowest BCUT2D eigenvalue weighted by Crippen LogP contribution is -2.44. The number of carbonyl (C=O) groups excluding carboxylic acids is 1. The minimum Gasteiger partial charge on any atom is -0.444 e. The van der Waals surface area contributed by atoms with Crippen molar-refractivity contribution in [2.45, 2.75) is 44.6 Å². The predicted molar refractivity (Wildman–Crippen MR) is 75.1 cm³/mol. The Balaban J connectivity index is 2.39. The van der Waals surface area contributed by atoms with E-state index in [1.165, 1.54) is 10.8 Å². The highest BCUT2D eigenvalue weighted by molar-refractivity contribution is 8.68. The molecule has 1 fully saturated rings. The Morgan fingerprint density at radius 2 is 2.00 bits per heavy atom. The fourth-order valence-corrected chi connectivity index (χ4v) is 2.78. The van der Waals surface area contributed by atoms with Gasteiger partial charge in [0, 0.05) is 13.1 Å². The van der Waals surface area contributed by atoms with Crippen molar-refractivity contribution >= 4 is 28.5 Å². The van der Waals surface area contributed by atoms with E-state index in [4.69, 9.17) is 10.5 Å². The van der Waals surface area contributed by atoms with Crippen LogP contribution < -0.4 is 5.73 Å². The Kier molecular flexibility index (Phi) is 5.47. The normalized spacial score (nSPS) is 20.2. The quantitative estimate of drug-likeness (QED) is 0.463. The molecule has 4 nitrogen and oxygen atoms in total. The summed E-state index contributed by atoms with van der Waals surface area (Å²) >= 11 is 4.13. The highest BCUT2D eigenvalue weighted by atomic mass is 33.1. The number of nitrogens with zero attached hydrogens (tertiary/aromatic N) is 1. The number of carbonyl (C=O) groups is 1. The maximum absolute atomic E-state index is 11.8. The van der Waals surface area contributed by atoms with Crippen molar-refractivity contribution < 1.29 is 9.53 Å². The SMILES string of the molecule is CC(C)(C)OC(=O)N1CCC(C(N)SS)CC1. The highest BCUT2D eigenvalue weighted by Gasteiger charge is 2.29. The molecule has 1 heterocycles. The number of amides is 1. The number of hydrogen-bond donors (Lipinski definition) is 2. The number of likely N-dealkylation sites (tertiary alicyclic amines) is 1. The van der Waals surface area contributed by atoms with Crippen LogP contribution in [0.2, 0.25) is 0 Å². The van der Waals surface area contributed by atoms with Crippen LogP contribution in [0, 0.1) is 5.92 Å². The van der Waals surface area contributed by atoms with Crippen LogP contribution in [-0.2, 0) is 4.74 Å². The zero-order chi connectivity index (χ0) is 13.1. The van der Waals surface area contributed by atoms with Crippen molar-refractivity contribution in [2.24, 2.45) is 11.7 Å². The molecule has 0 saturated carbocycles. The Bertz CT molecular complexity index is 261. The summed E-state index contributed by atoms with van der Waals surface area (Å²) in [6.45, 7) is 7.09. The smallest absolute Gasteiger partial charge is 0.410 e. The van der Waals surface area contributed by atoms with E-state index in [2.05, 4.69) is 11.7 Å². The highest BCUT2D eigenvalue weighted by Crippen LogP contribution is 2.27. The lowest BCUT2D eigenvalue weighted by Gasteiger charge is -2.34. The first-order valence-electron chi connectivity index (χ1n) is 5.87. The van der Waals surface area contributed by atoms with Gasteiger partial charge >= 0.3 is 6.09 Å². The number of rotatable bonds is 2. The molecular weight excluding hydrogens is 256 g/mol. The van der Waals surface area contributed by atoms with Crippen molar-refractivity contribution in [1.82, 2.24) is 4.90 Å². The van der Waals surface area contributed by atoms with Gasteiger partial charge in [-0.1, -0.05) is 10.8 Å². The molecule has 17 heavy (non-hydrogen) atoms. The van der Waals surface area contributed by atoms with Crippen LogP contribution in [0.5, 0.6) is 0 Å². The molecule has 1 amide bonds. The van der Waals surface area contributed by atoms with E-state index in [9.17, 15) is 4.79 Å². The molecule has 1 unspecified atom stereocenters. The topological polar surface area (TPSA) is 55.6 Å². The van der Waals surface area contributed by atoms with Crippen LogP contribution in [0.1, 0.15) is 33.6 Å². The van der Waals surface area contributed by atoms with Gasteiger partial charge in [-0.3, -0.25) is 0 Å². The maximum atomic E-state index is 11.8. The molecule has 1 aliphatic heterocycles. The van der Waals surface area contributed by atoms with Crippen molar-refractivity contribution in [1.29, 1.82) is 0 Å². The maximum Gasteiger partial charge on any atom is 0.410 e. The average Bonchev–Trinajstić information content (AvgIpc) is 2.26. The summed E-state index contributed by atoms with van der Waals surface area (Å²) in [4.78, 5) is 13.6. The van der Waals surface area contributed by atoms with Gasteiger partial charge in [0.2, 0.25) is 0 Å². The lowest BCUT2D eigenvalue weighted by atomic mass is 9.97. The predicted octanol–water partition coefficient (Wildman–Crippen LogP) is 2.50. The van der Waals surface area contributed by atoms with Gasteiger partial charge in [0.1, 0.15) is 5.60 Å². The van der Waals surface area contributed by atoms with E-state index in [1.807, 2.05) is 20.8 Å². The molecule has 0 bridgehead atoms.